The zero-order chi connectivity index (χ0) is 11.7. The second-order valence-corrected chi connectivity index (χ2v) is 3.09. The van der Waals surface area contributed by atoms with Gasteiger partial charge < -0.3 is 4.74 Å². The summed E-state index contributed by atoms with van der Waals surface area (Å²) in [5.41, 5.74) is 1.17. The van der Waals surface area contributed by atoms with E-state index in [9.17, 15) is 4.79 Å². The van der Waals surface area contributed by atoms with Gasteiger partial charge in [-0.15, -0.1) is 0 Å². The summed E-state index contributed by atoms with van der Waals surface area (Å²) in [6, 6.07) is 9.96. The first kappa shape index (κ1) is 13.7. The number of carbonyl (C=O) groups is 1. The molecule has 0 aliphatic heterocycles. The average molecular weight is 208 g/mol. The molecule has 84 valence electrons. The standard InChI is InChI=1S/C11H14O2.C2H6/c1-9(8-11(12)13-2)10-6-4-3-5-7-10;1-2/h3-7,9H,8H2,1-2H3;1-2H3. The Labute approximate surface area is 92.3 Å². The van der Waals surface area contributed by atoms with Crippen LogP contribution in [-0.4, -0.2) is 13.1 Å². The summed E-state index contributed by atoms with van der Waals surface area (Å²) in [5.74, 6) is 0.0741. The second-order valence-electron chi connectivity index (χ2n) is 3.09. The molecule has 0 amide bonds. The van der Waals surface area contributed by atoms with Gasteiger partial charge in [0.15, 0.2) is 0 Å². The molecule has 15 heavy (non-hydrogen) atoms. The van der Waals surface area contributed by atoms with E-state index in [-0.39, 0.29) is 11.9 Å². The maximum absolute atomic E-state index is 11.0. The van der Waals surface area contributed by atoms with E-state index < -0.39 is 0 Å². The molecule has 0 saturated carbocycles. The Hall–Kier alpha value is -1.31. The van der Waals surface area contributed by atoms with E-state index in [1.54, 1.807) is 0 Å². The number of carbonyl (C=O) groups excluding carboxylic acids is 1. The van der Waals surface area contributed by atoms with Gasteiger partial charge in [-0.05, 0) is 11.5 Å². The van der Waals surface area contributed by atoms with Gasteiger partial charge in [-0.3, -0.25) is 4.79 Å². The summed E-state index contributed by atoms with van der Waals surface area (Å²) in [4.78, 5) is 11.0. The predicted octanol–water partition coefficient (Wildman–Crippen LogP) is 3.38. The SMILES string of the molecule is CC.COC(=O)CC(C)c1ccccc1. The molecule has 0 bridgehead atoms. The van der Waals surface area contributed by atoms with Gasteiger partial charge in [-0.2, -0.15) is 0 Å². The van der Waals surface area contributed by atoms with E-state index in [0.717, 1.165) is 0 Å². The van der Waals surface area contributed by atoms with Crippen LogP contribution in [-0.2, 0) is 9.53 Å². The molecule has 2 heteroatoms. The van der Waals surface area contributed by atoms with Gasteiger partial charge >= 0.3 is 5.97 Å². The Balaban J connectivity index is 0.000000921. The van der Waals surface area contributed by atoms with Crippen LogP contribution in [0.2, 0.25) is 0 Å². The number of esters is 1. The van der Waals surface area contributed by atoms with Crippen LogP contribution >= 0.6 is 0 Å². The highest BCUT2D eigenvalue weighted by atomic mass is 16.5. The fraction of sp³-hybridized carbons (Fsp3) is 0.462. The molecule has 0 radical (unpaired) electrons. The Morgan fingerprint density at radius 2 is 1.80 bits per heavy atom. The molecule has 0 aliphatic carbocycles. The fourth-order valence-corrected chi connectivity index (χ4v) is 1.23. The van der Waals surface area contributed by atoms with Crippen molar-refractivity contribution in [2.45, 2.75) is 33.1 Å². The molecule has 0 fully saturated rings. The largest absolute Gasteiger partial charge is 0.469 e. The van der Waals surface area contributed by atoms with E-state index in [4.69, 9.17) is 0 Å². The quantitative estimate of drug-likeness (QED) is 0.712. The number of hydrogen-bond donors (Lipinski definition) is 0. The van der Waals surface area contributed by atoms with E-state index >= 15 is 0 Å². The van der Waals surface area contributed by atoms with Crippen molar-refractivity contribution < 1.29 is 9.53 Å². The molecule has 1 rings (SSSR count). The minimum atomic E-state index is -0.156. The molecule has 0 N–H and O–H groups in total. The number of rotatable bonds is 3. The summed E-state index contributed by atoms with van der Waals surface area (Å²) >= 11 is 0. The minimum Gasteiger partial charge on any atom is -0.469 e. The first-order valence-corrected chi connectivity index (χ1v) is 5.36. The average Bonchev–Trinajstić information content (AvgIpc) is 2.32. The van der Waals surface area contributed by atoms with Gasteiger partial charge in [0.05, 0.1) is 13.5 Å². The van der Waals surface area contributed by atoms with Crippen molar-refractivity contribution in [2.24, 2.45) is 0 Å². The van der Waals surface area contributed by atoms with Crippen molar-refractivity contribution in [3.05, 3.63) is 35.9 Å². The zero-order valence-electron chi connectivity index (χ0n) is 9.99. The Bertz CT molecular complexity index is 267. The number of methoxy groups -OCH3 is 1. The lowest BCUT2D eigenvalue weighted by Gasteiger charge is -2.09. The van der Waals surface area contributed by atoms with Crippen molar-refractivity contribution in [3.63, 3.8) is 0 Å². The van der Waals surface area contributed by atoms with Crippen molar-refractivity contribution in [1.82, 2.24) is 0 Å². The topological polar surface area (TPSA) is 26.3 Å². The van der Waals surface area contributed by atoms with Gasteiger partial charge in [0.25, 0.3) is 0 Å². The smallest absolute Gasteiger partial charge is 0.306 e. The van der Waals surface area contributed by atoms with Crippen LogP contribution in [0.5, 0.6) is 0 Å². The Kier molecular flexibility index (Phi) is 7.33. The highest BCUT2D eigenvalue weighted by Gasteiger charge is 2.10. The third-order valence-electron chi connectivity index (χ3n) is 2.07. The van der Waals surface area contributed by atoms with E-state index in [1.807, 2.05) is 51.1 Å². The van der Waals surface area contributed by atoms with Crippen LogP contribution < -0.4 is 0 Å². The van der Waals surface area contributed by atoms with E-state index in [0.29, 0.717) is 6.42 Å². The van der Waals surface area contributed by atoms with Crippen molar-refractivity contribution in [2.75, 3.05) is 7.11 Å². The third-order valence-corrected chi connectivity index (χ3v) is 2.07. The molecule has 0 heterocycles. The van der Waals surface area contributed by atoms with Crippen molar-refractivity contribution >= 4 is 5.97 Å². The summed E-state index contributed by atoms with van der Waals surface area (Å²) in [5, 5.41) is 0. The first-order valence-electron chi connectivity index (χ1n) is 5.36. The summed E-state index contributed by atoms with van der Waals surface area (Å²) in [6.45, 7) is 6.02. The van der Waals surface area contributed by atoms with E-state index in [1.165, 1.54) is 12.7 Å². The molecule has 0 saturated heterocycles. The summed E-state index contributed by atoms with van der Waals surface area (Å²) in [7, 11) is 1.42. The maximum Gasteiger partial charge on any atom is 0.306 e. The maximum atomic E-state index is 11.0. The molecular formula is C13H20O2. The minimum absolute atomic E-state index is 0.156. The van der Waals surface area contributed by atoms with Crippen LogP contribution in [0.15, 0.2) is 30.3 Å². The highest BCUT2D eigenvalue weighted by molar-refractivity contribution is 5.70. The summed E-state index contributed by atoms with van der Waals surface area (Å²) < 4.78 is 4.60. The van der Waals surface area contributed by atoms with Gasteiger partial charge in [0.1, 0.15) is 0 Å². The monoisotopic (exact) mass is 208 g/mol. The second kappa shape index (κ2) is 8.04. The molecule has 1 aromatic rings. The third kappa shape index (κ3) is 5.21. The fourth-order valence-electron chi connectivity index (χ4n) is 1.23. The van der Waals surface area contributed by atoms with Crippen molar-refractivity contribution in [1.29, 1.82) is 0 Å². The first-order chi connectivity index (χ1) is 7.24. The van der Waals surface area contributed by atoms with Crippen LogP contribution in [0.3, 0.4) is 0 Å². The lowest BCUT2D eigenvalue weighted by Crippen LogP contribution is -2.05. The molecule has 0 aliphatic rings. The number of benzene rings is 1. The van der Waals surface area contributed by atoms with Crippen LogP contribution in [0.25, 0.3) is 0 Å². The molecule has 0 spiro atoms. The van der Waals surface area contributed by atoms with E-state index in [2.05, 4.69) is 4.74 Å². The molecule has 1 aromatic carbocycles. The van der Waals surface area contributed by atoms with Gasteiger partial charge in [0, 0.05) is 0 Å². The lowest BCUT2D eigenvalue weighted by atomic mass is 9.98. The molecule has 1 unspecified atom stereocenters. The van der Waals surface area contributed by atoms with Crippen LogP contribution in [0, 0.1) is 0 Å². The molecule has 2 nitrogen and oxygen atoms in total. The zero-order valence-corrected chi connectivity index (χ0v) is 9.99. The summed E-state index contributed by atoms with van der Waals surface area (Å²) in [6.07, 6.45) is 0.445. The molecule has 1 atom stereocenters. The normalized spacial score (nSPS) is 10.9. The van der Waals surface area contributed by atoms with Gasteiger partial charge in [-0.25, -0.2) is 0 Å². The van der Waals surface area contributed by atoms with Crippen molar-refractivity contribution in [3.8, 4) is 0 Å². The lowest BCUT2D eigenvalue weighted by molar-refractivity contribution is -0.140. The predicted molar refractivity (Wildman–Crippen MR) is 62.8 cm³/mol. The molecular weight excluding hydrogens is 188 g/mol. The number of hydrogen-bond acceptors (Lipinski definition) is 2. The highest BCUT2D eigenvalue weighted by Crippen LogP contribution is 2.18. The molecule has 0 aromatic heterocycles. The van der Waals surface area contributed by atoms with Crippen LogP contribution in [0.1, 0.15) is 38.7 Å². The number of ether oxygens (including phenoxy) is 1. The van der Waals surface area contributed by atoms with Gasteiger partial charge in [-0.1, -0.05) is 51.1 Å². The van der Waals surface area contributed by atoms with Crippen LogP contribution in [0.4, 0.5) is 0 Å². The Morgan fingerprint density at radius 1 is 1.27 bits per heavy atom. The van der Waals surface area contributed by atoms with Gasteiger partial charge in [0.2, 0.25) is 0 Å². The Morgan fingerprint density at radius 3 is 2.27 bits per heavy atom.